The first-order chi connectivity index (χ1) is 22.3. The summed E-state index contributed by atoms with van der Waals surface area (Å²) in [4.78, 5) is 59.0. The molecule has 6 atom stereocenters. The molecule has 0 saturated carbocycles. The van der Waals surface area contributed by atoms with Crippen molar-refractivity contribution in [3.63, 3.8) is 0 Å². The third-order valence-corrected chi connectivity index (χ3v) is 9.49. The molecule has 2 aromatic carbocycles. The van der Waals surface area contributed by atoms with Crippen molar-refractivity contribution >= 4 is 41.0 Å². The number of unbranched alkanes of at least 4 members (excludes halogenated alkanes) is 2. The molecule has 3 amide bonds. The van der Waals surface area contributed by atoms with Gasteiger partial charge in [-0.1, -0.05) is 66.2 Å². The number of amides is 3. The van der Waals surface area contributed by atoms with E-state index in [4.69, 9.17) is 21.1 Å². The van der Waals surface area contributed by atoms with Crippen LogP contribution in [0.2, 0.25) is 5.02 Å². The maximum absolute atomic E-state index is 14.6. The predicted molar refractivity (Wildman–Crippen MR) is 171 cm³/mol. The largest absolute Gasteiger partial charge is 0.455 e. The van der Waals surface area contributed by atoms with Gasteiger partial charge in [0.25, 0.3) is 5.91 Å². The number of ether oxygens (including phenoxy) is 2. The SMILES string of the molecule is O=C1CC/C=C\[C@@H]2O[C@@]34C=CCN(c5ccc(Cl)cc5)C(=O)[C@@H]3N(CCCCCO)C(=O)[C@H]4[C@@H]2C(=O)O[C@@H](c2ccccc2)CN1. The zero-order chi connectivity index (χ0) is 32.3. The van der Waals surface area contributed by atoms with Crippen molar-refractivity contribution in [2.45, 2.75) is 56.0 Å². The number of nitrogens with zero attached hydrogens (tertiary/aromatic N) is 2. The van der Waals surface area contributed by atoms with Gasteiger partial charge < -0.3 is 29.7 Å². The Hall–Kier alpha value is -3.99. The summed E-state index contributed by atoms with van der Waals surface area (Å²) >= 11 is 6.14. The van der Waals surface area contributed by atoms with E-state index in [0.29, 0.717) is 42.0 Å². The number of esters is 1. The highest BCUT2D eigenvalue weighted by atomic mass is 35.5. The standard InChI is InChI=1S/C35H38ClN3O7/c36-24-14-16-25(17-15-24)38-20-9-18-35-30(32(42)39(31(35)33(38)43)19-7-2-8-21-40)29-26(46-35)12-5-6-13-28(41)37-22-27(45-34(29)44)23-10-3-1-4-11-23/h1,3-5,9-12,14-18,26-27,29-31,40H,2,6-8,13,19-22H2,(H,37,41)/b12-5-/t26-,27+,29+,30+,31-,35+/m0/s1. The van der Waals surface area contributed by atoms with Crippen LogP contribution in [0.5, 0.6) is 0 Å². The third kappa shape index (κ3) is 6.09. The first kappa shape index (κ1) is 32.0. The number of likely N-dealkylation sites (tertiary alicyclic amines) is 1. The van der Waals surface area contributed by atoms with Crippen molar-refractivity contribution in [3.05, 3.63) is 89.5 Å². The highest BCUT2D eigenvalue weighted by Gasteiger charge is 2.71. The Morgan fingerprint density at radius 3 is 2.50 bits per heavy atom. The number of cyclic esters (lactones) is 1. The molecule has 1 spiro atoms. The minimum Gasteiger partial charge on any atom is -0.455 e. The van der Waals surface area contributed by atoms with E-state index in [1.807, 2.05) is 36.4 Å². The van der Waals surface area contributed by atoms with Gasteiger partial charge in [0.15, 0.2) is 0 Å². The van der Waals surface area contributed by atoms with E-state index >= 15 is 0 Å². The molecule has 11 heteroatoms. The molecule has 2 fully saturated rings. The predicted octanol–water partition coefficient (Wildman–Crippen LogP) is 3.74. The van der Waals surface area contributed by atoms with Crippen molar-refractivity contribution in [1.29, 1.82) is 0 Å². The molecule has 0 radical (unpaired) electrons. The monoisotopic (exact) mass is 647 g/mol. The summed E-state index contributed by atoms with van der Waals surface area (Å²) in [7, 11) is 0. The van der Waals surface area contributed by atoms with E-state index in [2.05, 4.69) is 5.32 Å². The van der Waals surface area contributed by atoms with Gasteiger partial charge in [0.1, 0.15) is 23.7 Å². The number of aliphatic hydroxyl groups excluding tert-OH is 1. The first-order valence-corrected chi connectivity index (χ1v) is 16.2. The van der Waals surface area contributed by atoms with E-state index in [1.165, 1.54) is 0 Å². The molecule has 6 rings (SSSR count). The van der Waals surface area contributed by atoms with Gasteiger partial charge in [-0.05, 0) is 55.5 Å². The van der Waals surface area contributed by atoms with Crippen LogP contribution in [-0.4, -0.2) is 77.7 Å². The van der Waals surface area contributed by atoms with Crippen LogP contribution in [0.25, 0.3) is 0 Å². The summed E-state index contributed by atoms with van der Waals surface area (Å²) in [6.07, 6.45) is 7.91. The second-order valence-corrected chi connectivity index (χ2v) is 12.5. The zero-order valence-corrected chi connectivity index (χ0v) is 26.2. The lowest BCUT2D eigenvalue weighted by atomic mass is 9.78. The number of carbonyl (C=O) groups excluding carboxylic acids is 4. The van der Waals surface area contributed by atoms with Crippen molar-refractivity contribution in [3.8, 4) is 0 Å². The maximum Gasteiger partial charge on any atom is 0.313 e. The van der Waals surface area contributed by atoms with Gasteiger partial charge in [0.2, 0.25) is 11.8 Å². The van der Waals surface area contributed by atoms with Crippen molar-refractivity contribution in [1.82, 2.24) is 10.2 Å². The van der Waals surface area contributed by atoms with Gasteiger partial charge >= 0.3 is 5.97 Å². The van der Waals surface area contributed by atoms with Crippen molar-refractivity contribution in [2.24, 2.45) is 11.8 Å². The lowest BCUT2D eigenvalue weighted by molar-refractivity contribution is -0.159. The normalized spacial score (nSPS) is 30.3. The fourth-order valence-corrected chi connectivity index (χ4v) is 7.20. The molecule has 0 bridgehead atoms. The van der Waals surface area contributed by atoms with Gasteiger partial charge in [-0.3, -0.25) is 19.2 Å². The molecule has 2 aromatic rings. The second kappa shape index (κ2) is 13.8. The summed E-state index contributed by atoms with van der Waals surface area (Å²) in [5, 5.41) is 12.7. The molecular weight excluding hydrogens is 610 g/mol. The first-order valence-electron chi connectivity index (χ1n) is 15.9. The Morgan fingerprint density at radius 1 is 0.957 bits per heavy atom. The van der Waals surface area contributed by atoms with Crippen LogP contribution >= 0.6 is 11.6 Å². The van der Waals surface area contributed by atoms with E-state index in [-0.39, 0.29) is 50.4 Å². The third-order valence-electron chi connectivity index (χ3n) is 9.24. The molecule has 2 N–H and O–H groups in total. The fourth-order valence-electron chi connectivity index (χ4n) is 7.07. The van der Waals surface area contributed by atoms with Crippen LogP contribution in [-0.2, 0) is 28.7 Å². The van der Waals surface area contributed by atoms with Crippen LogP contribution in [0, 0.1) is 11.8 Å². The number of hydrogen-bond donors (Lipinski definition) is 2. The average Bonchev–Trinajstić information content (AvgIpc) is 3.44. The van der Waals surface area contributed by atoms with Gasteiger partial charge in [0.05, 0.1) is 18.6 Å². The number of aliphatic hydroxyl groups is 1. The summed E-state index contributed by atoms with van der Waals surface area (Å²) in [6, 6.07) is 15.0. The fraction of sp³-hybridized carbons (Fsp3) is 0.429. The lowest BCUT2D eigenvalue weighted by Gasteiger charge is -2.35. The molecule has 46 heavy (non-hydrogen) atoms. The van der Waals surface area contributed by atoms with Gasteiger partial charge in [-0.2, -0.15) is 0 Å². The number of rotatable bonds is 7. The van der Waals surface area contributed by atoms with Gasteiger partial charge in [0, 0.05) is 36.8 Å². The summed E-state index contributed by atoms with van der Waals surface area (Å²) in [6.45, 7) is 0.610. The summed E-state index contributed by atoms with van der Waals surface area (Å²) < 4.78 is 12.9. The highest BCUT2D eigenvalue weighted by Crippen LogP contribution is 2.53. The van der Waals surface area contributed by atoms with Crippen LogP contribution in [0.4, 0.5) is 5.69 Å². The van der Waals surface area contributed by atoms with Crippen LogP contribution in [0.15, 0.2) is 78.9 Å². The van der Waals surface area contributed by atoms with Crippen molar-refractivity contribution in [2.75, 3.05) is 31.1 Å². The van der Waals surface area contributed by atoms with Crippen molar-refractivity contribution < 1.29 is 33.8 Å². The molecule has 4 aliphatic rings. The Bertz CT molecular complexity index is 1510. The number of allylic oxidation sites excluding steroid dienone is 1. The molecule has 242 valence electrons. The molecule has 2 saturated heterocycles. The number of anilines is 1. The molecular formula is C35H38ClN3O7. The van der Waals surface area contributed by atoms with E-state index in [9.17, 15) is 24.3 Å². The van der Waals surface area contributed by atoms with E-state index in [0.717, 1.165) is 0 Å². The number of halogens is 1. The molecule has 10 nitrogen and oxygen atoms in total. The van der Waals surface area contributed by atoms with E-state index < -0.39 is 41.7 Å². The quantitative estimate of drug-likeness (QED) is 0.267. The molecule has 0 aromatic heterocycles. The van der Waals surface area contributed by atoms with Gasteiger partial charge in [-0.25, -0.2) is 0 Å². The Kier molecular flexibility index (Phi) is 9.58. The molecule has 0 aliphatic carbocycles. The molecule has 4 heterocycles. The molecule has 0 unspecified atom stereocenters. The second-order valence-electron chi connectivity index (χ2n) is 12.1. The Morgan fingerprint density at radius 2 is 1.74 bits per heavy atom. The smallest absolute Gasteiger partial charge is 0.313 e. The number of hydrogen-bond acceptors (Lipinski definition) is 7. The van der Waals surface area contributed by atoms with Crippen LogP contribution in [0.1, 0.15) is 43.8 Å². The maximum atomic E-state index is 14.6. The summed E-state index contributed by atoms with van der Waals surface area (Å²) in [5.74, 6) is -3.52. The topological polar surface area (TPSA) is 125 Å². The highest BCUT2D eigenvalue weighted by molar-refractivity contribution is 6.30. The number of carbonyl (C=O) groups is 4. The van der Waals surface area contributed by atoms with Crippen LogP contribution in [0.3, 0.4) is 0 Å². The average molecular weight is 648 g/mol. The number of benzene rings is 2. The van der Waals surface area contributed by atoms with Crippen LogP contribution < -0.4 is 10.2 Å². The minimum absolute atomic E-state index is 0.0318. The Balaban J connectivity index is 1.40. The van der Waals surface area contributed by atoms with Gasteiger partial charge in [-0.15, -0.1) is 0 Å². The Labute approximate surface area is 273 Å². The lowest BCUT2D eigenvalue weighted by Crippen LogP contribution is -2.55. The number of nitrogens with one attached hydrogen (secondary N) is 1. The van der Waals surface area contributed by atoms with E-state index in [1.54, 1.807) is 52.3 Å². The zero-order valence-electron chi connectivity index (χ0n) is 25.4. The number of fused-ring (bicyclic) bond motifs is 2. The summed E-state index contributed by atoms with van der Waals surface area (Å²) in [5.41, 5.74) is -0.0984. The minimum atomic E-state index is -1.43. The molecule has 4 aliphatic heterocycles.